The number of aromatic nitrogens is 6. The Morgan fingerprint density at radius 1 is 0.938 bits per heavy atom. The zero-order valence-corrected chi connectivity index (χ0v) is 16.6. The lowest BCUT2D eigenvalue weighted by molar-refractivity contribution is 0.0945. The quantitative estimate of drug-likeness (QED) is 0.435. The molecule has 0 aliphatic heterocycles. The lowest BCUT2D eigenvalue weighted by Crippen LogP contribution is -2.26. The fourth-order valence-corrected chi connectivity index (χ4v) is 3.19. The first-order chi connectivity index (χ1) is 15.7. The Hall–Kier alpha value is -4.73. The zero-order chi connectivity index (χ0) is 21.9. The van der Waals surface area contributed by atoms with E-state index in [9.17, 15) is 4.79 Å². The van der Waals surface area contributed by atoms with Gasteiger partial charge in [-0.3, -0.25) is 9.78 Å². The molecular formula is C22H16N8O2. The average Bonchev–Trinajstić information content (AvgIpc) is 3.38. The van der Waals surface area contributed by atoms with Crippen LogP contribution in [0.5, 0.6) is 0 Å². The van der Waals surface area contributed by atoms with Gasteiger partial charge in [-0.2, -0.15) is 0 Å². The summed E-state index contributed by atoms with van der Waals surface area (Å²) in [5.74, 6) is 0.169. The highest BCUT2D eigenvalue weighted by molar-refractivity contribution is 5.98. The fourth-order valence-electron chi connectivity index (χ4n) is 3.19. The monoisotopic (exact) mass is 424 g/mol. The number of benzene rings is 1. The topological polar surface area (TPSA) is 146 Å². The molecule has 32 heavy (non-hydrogen) atoms. The van der Waals surface area contributed by atoms with Crippen molar-refractivity contribution in [3.8, 4) is 22.8 Å². The molecule has 0 aliphatic carbocycles. The summed E-state index contributed by atoms with van der Waals surface area (Å²) in [6.45, 7) is 0.124. The first kappa shape index (κ1) is 19.2. The van der Waals surface area contributed by atoms with E-state index in [1.54, 1.807) is 24.7 Å². The van der Waals surface area contributed by atoms with Crippen LogP contribution in [-0.2, 0) is 6.54 Å². The number of rotatable bonds is 5. The number of nitrogens with two attached hydrogens (primary N) is 1. The van der Waals surface area contributed by atoms with Crippen molar-refractivity contribution in [3.05, 3.63) is 79.0 Å². The van der Waals surface area contributed by atoms with Gasteiger partial charge in [0.15, 0.2) is 17.2 Å². The minimum atomic E-state index is -0.495. The van der Waals surface area contributed by atoms with Crippen molar-refractivity contribution >= 4 is 22.6 Å². The summed E-state index contributed by atoms with van der Waals surface area (Å²) in [5.41, 5.74) is 8.36. The van der Waals surface area contributed by atoms with Crippen LogP contribution in [0.3, 0.4) is 0 Å². The summed E-state index contributed by atoms with van der Waals surface area (Å²) >= 11 is 0. The number of pyridine rings is 1. The number of carbonyl (C=O) groups excluding carboxylic acids is 1. The molecule has 0 spiro atoms. The lowest BCUT2D eigenvalue weighted by atomic mass is 10.1. The van der Waals surface area contributed by atoms with Crippen LogP contribution in [0.1, 0.15) is 16.3 Å². The normalized spacial score (nSPS) is 10.9. The van der Waals surface area contributed by atoms with Gasteiger partial charge < -0.3 is 15.5 Å². The van der Waals surface area contributed by atoms with E-state index in [2.05, 4.69) is 35.2 Å². The number of nitrogens with zero attached hydrogens (tertiary/aromatic N) is 6. The highest BCUT2D eigenvalue weighted by atomic mass is 16.3. The second-order valence-electron chi connectivity index (χ2n) is 6.75. The maximum atomic E-state index is 12.8. The van der Waals surface area contributed by atoms with Gasteiger partial charge in [0.05, 0.1) is 18.3 Å². The highest BCUT2D eigenvalue weighted by Crippen LogP contribution is 2.31. The van der Waals surface area contributed by atoms with E-state index in [4.69, 9.17) is 10.2 Å². The van der Waals surface area contributed by atoms with Crippen LogP contribution < -0.4 is 11.1 Å². The van der Waals surface area contributed by atoms with Crippen LogP contribution in [-0.4, -0.2) is 35.8 Å². The first-order valence-corrected chi connectivity index (χ1v) is 9.65. The van der Waals surface area contributed by atoms with E-state index < -0.39 is 5.91 Å². The van der Waals surface area contributed by atoms with Gasteiger partial charge in [-0.25, -0.2) is 24.9 Å². The van der Waals surface area contributed by atoms with E-state index in [0.717, 1.165) is 10.9 Å². The Labute approximate surface area is 181 Å². The summed E-state index contributed by atoms with van der Waals surface area (Å²) in [7, 11) is 0. The molecule has 10 nitrogen and oxygen atoms in total. The van der Waals surface area contributed by atoms with Crippen LogP contribution in [0, 0.1) is 0 Å². The molecule has 0 saturated heterocycles. The fraction of sp³-hybridized carbons (Fsp3) is 0.0455. The van der Waals surface area contributed by atoms with Gasteiger partial charge in [0, 0.05) is 29.5 Å². The molecule has 3 N–H and O–H groups in total. The van der Waals surface area contributed by atoms with Gasteiger partial charge in [-0.1, -0.05) is 12.1 Å². The molecule has 5 rings (SSSR count). The molecule has 0 unspecified atom stereocenters. The molecule has 1 amide bonds. The van der Waals surface area contributed by atoms with Crippen molar-refractivity contribution in [2.24, 2.45) is 0 Å². The summed E-state index contributed by atoms with van der Waals surface area (Å²) in [5, 5.41) is 3.63. The van der Waals surface area contributed by atoms with Crippen LogP contribution in [0.25, 0.3) is 33.7 Å². The lowest BCUT2D eigenvalue weighted by Gasteiger charge is -2.11. The standard InChI is InChI=1S/C22H16N8O2/c23-20-19(21(31)28-12-16-25-7-2-8-26-16)29-17(18(30-20)22-27-9-10-32-22)14-4-5-15-13(11-14)3-1-6-24-15/h1-11H,12H2,(H2,23,30)(H,28,31). The highest BCUT2D eigenvalue weighted by Gasteiger charge is 2.22. The van der Waals surface area contributed by atoms with E-state index in [1.807, 2.05) is 30.3 Å². The molecule has 1 aromatic carbocycles. The molecule has 0 aliphatic rings. The van der Waals surface area contributed by atoms with Gasteiger partial charge in [0.1, 0.15) is 17.8 Å². The van der Waals surface area contributed by atoms with Crippen LogP contribution >= 0.6 is 0 Å². The van der Waals surface area contributed by atoms with Crippen molar-refractivity contribution in [2.45, 2.75) is 6.54 Å². The van der Waals surface area contributed by atoms with Crippen LogP contribution in [0.2, 0.25) is 0 Å². The second-order valence-corrected chi connectivity index (χ2v) is 6.75. The Kier molecular flexibility index (Phi) is 4.92. The van der Waals surface area contributed by atoms with E-state index >= 15 is 0 Å². The minimum Gasteiger partial charge on any atom is -0.443 e. The second kappa shape index (κ2) is 8.19. The van der Waals surface area contributed by atoms with Gasteiger partial charge in [-0.05, 0) is 24.3 Å². The average molecular weight is 424 g/mol. The van der Waals surface area contributed by atoms with E-state index in [1.165, 1.54) is 12.5 Å². The summed E-state index contributed by atoms with van der Waals surface area (Å²) in [6.07, 6.45) is 7.85. The summed E-state index contributed by atoms with van der Waals surface area (Å²) in [6, 6.07) is 11.1. The van der Waals surface area contributed by atoms with E-state index in [0.29, 0.717) is 22.8 Å². The molecule has 0 bridgehead atoms. The Morgan fingerprint density at radius 3 is 2.59 bits per heavy atom. The third-order valence-electron chi connectivity index (χ3n) is 4.68. The molecule has 0 atom stereocenters. The summed E-state index contributed by atoms with van der Waals surface area (Å²) < 4.78 is 5.43. The molecule has 5 aromatic rings. The predicted octanol–water partition coefficient (Wildman–Crippen LogP) is 2.65. The van der Waals surface area contributed by atoms with Gasteiger partial charge in [0.25, 0.3) is 5.91 Å². The van der Waals surface area contributed by atoms with Gasteiger partial charge >= 0.3 is 0 Å². The largest absolute Gasteiger partial charge is 0.443 e. The van der Waals surface area contributed by atoms with E-state index in [-0.39, 0.29) is 23.9 Å². The van der Waals surface area contributed by atoms with Gasteiger partial charge in [-0.15, -0.1) is 0 Å². The third-order valence-corrected chi connectivity index (χ3v) is 4.68. The molecule has 0 fully saturated rings. The molecule has 0 saturated carbocycles. The molecule has 156 valence electrons. The maximum Gasteiger partial charge on any atom is 0.274 e. The summed E-state index contributed by atoms with van der Waals surface area (Å²) in [4.78, 5) is 38.5. The van der Waals surface area contributed by atoms with Crippen molar-refractivity contribution in [3.63, 3.8) is 0 Å². The molecule has 0 radical (unpaired) electrons. The molecule has 4 heterocycles. The number of anilines is 1. The van der Waals surface area contributed by atoms with Gasteiger partial charge in [0.2, 0.25) is 5.89 Å². The van der Waals surface area contributed by atoms with Crippen LogP contribution in [0.4, 0.5) is 5.82 Å². The van der Waals surface area contributed by atoms with Crippen molar-refractivity contribution in [1.82, 2.24) is 35.2 Å². The van der Waals surface area contributed by atoms with Crippen molar-refractivity contribution in [1.29, 1.82) is 0 Å². The van der Waals surface area contributed by atoms with Crippen molar-refractivity contribution in [2.75, 3.05) is 5.73 Å². The maximum absolute atomic E-state index is 12.8. The zero-order valence-electron chi connectivity index (χ0n) is 16.6. The molecule has 4 aromatic heterocycles. The minimum absolute atomic E-state index is 0.0162. The number of hydrogen-bond donors (Lipinski definition) is 2. The number of nitrogen functional groups attached to an aromatic ring is 1. The Bertz CT molecular complexity index is 1400. The number of amides is 1. The number of fused-ring (bicyclic) bond motifs is 1. The van der Waals surface area contributed by atoms with Crippen molar-refractivity contribution < 1.29 is 9.21 Å². The Balaban J connectivity index is 1.57. The third kappa shape index (κ3) is 3.72. The smallest absolute Gasteiger partial charge is 0.274 e. The SMILES string of the molecule is Nc1nc(-c2ncco2)c(-c2ccc3ncccc3c2)nc1C(=O)NCc1ncccn1. The number of oxazole rings is 1. The first-order valence-electron chi connectivity index (χ1n) is 9.65. The number of nitrogens with one attached hydrogen (secondary N) is 1. The number of hydrogen-bond acceptors (Lipinski definition) is 9. The predicted molar refractivity (Wildman–Crippen MR) is 116 cm³/mol. The molecule has 10 heteroatoms. The Morgan fingerprint density at radius 2 is 1.78 bits per heavy atom. The number of carbonyl (C=O) groups is 1. The van der Waals surface area contributed by atoms with Crippen LogP contribution in [0.15, 0.2) is 71.9 Å². The molecular weight excluding hydrogens is 408 g/mol.